The molecule has 0 saturated carbocycles. The van der Waals surface area contributed by atoms with Crippen molar-refractivity contribution in [3.05, 3.63) is 53.1 Å². The minimum atomic E-state index is 0.106. The Morgan fingerprint density at radius 1 is 1.09 bits per heavy atom. The van der Waals surface area contributed by atoms with E-state index in [1.54, 1.807) is 26.0 Å². The third-order valence-corrected chi connectivity index (χ3v) is 2.81. The molecule has 0 amide bonds. The number of rotatable bonds is 3. The number of hydrogen-bond donors (Lipinski definition) is 0. The fourth-order valence-corrected chi connectivity index (χ4v) is 1.63. The third-order valence-electron chi connectivity index (χ3n) is 2.81. The van der Waals surface area contributed by atoms with Crippen molar-refractivity contribution in [1.82, 2.24) is 15.2 Å². The summed E-state index contributed by atoms with van der Waals surface area (Å²) in [6.45, 7) is 7.60. The standard InChI is InChI=1S/C14H11BN4O.C2H6/c1-9-10(2)18-19-14(17-9)13(20-15)12(8-16)11-6-4-3-5-7-11;1-2/h3-7H,1-2H3;1-2H3. The summed E-state index contributed by atoms with van der Waals surface area (Å²) in [7, 11) is 5.29. The van der Waals surface area contributed by atoms with Crippen LogP contribution < -0.4 is 0 Å². The number of benzene rings is 1. The molecule has 1 heterocycles. The van der Waals surface area contributed by atoms with E-state index in [4.69, 9.17) is 12.7 Å². The van der Waals surface area contributed by atoms with Gasteiger partial charge in [0.15, 0.2) is 5.76 Å². The van der Waals surface area contributed by atoms with Gasteiger partial charge < -0.3 is 4.65 Å². The molecule has 22 heavy (non-hydrogen) atoms. The van der Waals surface area contributed by atoms with Crippen LogP contribution in [0.25, 0.3) is 11.3 Å². The largest absolute Gasteiger partial charge is 0.564 e. The number of hydrogen-bond acceptors (Lipinski definition) is 5. The van der Waals surface area contributed by atoms with Crippen molar-refractivity contribution >= 4 is 19.4 Å². The Kier molecular flexibility index (Phi) is 6.77. The summed E-state index contributed by atoms with van der Waals surface area (Å²) in [6, 6.07) is 11.1. The van der Waals surface area contributed by atoms with Crippen LogP contribution in [0.15, 0.2) is 30.3 Å². The summed E-state index contributed by atoms with van der Waals surface area (Å²) in [5.74, 6) is 0.297. The average Bonchev–Trinajstić information content (AvgIpc) is 2.58. The maximum atomic E-state index is 9.35. The number of nitriles is 1. The Morgan fingerprint density at radius 3 is 2.23 bits per heavy atom. The van der Waals surface area contributed by atoms with Crippen molar-refractivity contribution in [3.63, 3.8) is 0 Å². The van der Waals surface area contributed by atoms with Crippen molar-refractivity contribution in [2.45, 2.75) is 27.7 Å². The van der Waals surface area contributed by atoms with Gasteiger partial charge in [0.25, 0.3) is 0 Å². The molecule has 1 aromatic carbocycles. The molecule has 0 N–H and O–H groups in total. The molecule has 6 heteroatoms. The molecule has 0 aliphatic carbocycles. The van der Waals surface area contributed by atoms with Gasteiger partial charge in [-0.3, -0.25) is 0 Å². The van der Waals surface area contributed by atoms with Crippen LogP contribution in [0.2, 0.25) is 0 Å². The molecule has 0 atom stereocenters. The fourth-order valence-electron chi connectivity index (χ4n) is 1.63. The van der Waals surface area contributed by atoms with Gasteiger partial charge in [0.05, 0.1) is 11.4 Å². The van der Waals surface area contributed by atoms with E-state index in [-0.39, 0.29) is 17.2 Å². The second-order valence-electron chi connectivity index (χ2n) is 4.11. The number of aromatic nitrogens is 3. The van der Waals surface area contributed by atoms with Gasteiger partial charge in [0.2, 0.25) is 5.82 Å². The highest BCUT2D eigenvalue weighted by atomic mass is 16.4. The smallest absolute Gasteiger partial charge is 0.374 e. The van der Waals surface area contributed by atoms with Crippen LogP contribution in [-0.4, -0.2) is 23.2 Å². The molecular weight excluding hydrogens is 275 g/mol. The minimum Gasteiger partial charge on any atom is -0.564 e. The Balaban J connectivity index is 0.00000116. The van der Waals surface area contributed by atoms with Crippen molar-refractivity contribution in [2.75, 3.05) is 0 Å². The molecule has 0 saturated heterocycles. The Bertz CT molecular complexity index is 693. The van der Waals surface area contributed by atoms with Gasteiger partial charge in [-0.25, -0.2) is 4.98 Å². The normalized spacial score (nSPS) is 10.7. The second kappa shape index (κ2) is 8.58. The molecule has 0 aliphatic heterocycles. The van der Waals surface area contributed by atoms with Crippen LogP contribution in [0.5, 0.6) is 0 Å². The van der Waals surface area contributed by atoms with E-state index in [2.05, 4.69) is 21.3 Å². The summed E-state index contributed by atoms with van der Waals surface area (Å²) in [5.41, 5.74) is 2.36. The van der Waals surface area contributed by atoms with Gasteiger partial charge in [-0.2, -0.15) is 10.4 Å². The molecule has 0 aliphatic rings. The van der Waals surface area contributed by atoms with Crippen LogP contribution in [0.3, 0.4) is 0 Å². The van der Waals surface area contributed by atoms with E-state index in [1.165, 1.54) is 0 Å². The highest BCUT2D eigenvalue weighted by molar-refractivity contribution is 6.05. The fraction of sp³-hybridized carbons (Fsp3) is 0.250. The lowest BCUT2D eigenvalue weighted by atomic mass is 10.1. The first-order valence-corrected chi connectivity index (χ1v) is 6.92. The Hall–Kier alpha value is -2.68. The van der Waals surface area contributed by atoms with Crippen LogP contribution in [0.4, 0.5) is 0 Å². The second-order valence-corrected chi connectivity index (χ2v) is 4.11. The lowest BCUT2D eigenvalue weighted by Crippen LogP contribution is -2.05. The zero-order valence-electron chi connectivity index (χ0n) is 13.2. The van der Waals surface area contributed by atoms with Gasteiger partial charge in [-0.1, -0.05) is 44.2 Å². The van der Waals surface area contributed by atoms with Crippen LogP contribution in [-0.2, 0) is 4.65 Å². The highest BCUT2D eigenvalue weighted by Gasteiger charge is 2.15. The van der Waals surface area contributed by atoms with Crippen molar-refractivity contribution in [2.24, 2.45) is 0 Å². The molecule has 1 aromatic heterocycles. The first-order valence-electron chi connectivity index (χ1n) is 6.92. The van der Waals surface area contributed by atoms with Crippen molar-refractivity contribution < 1.29 is 4.65 Å². The van der Waals surface area contributed by atoms with E-state index in [0.717, 1.165) is 0 Å². The van der Waals surface area contributed by atoms with Gasteiger partial charge in [-0.05, 0) is 19.4 Å². The highest BCUT2D eigenvalue weighted by Crippen LogP contribution is 2.24. The number of aryl methyl sites for hydroxylation is 2. The molecule has 2 rings (SSSR count). The van der Waals surface area contributed by atoms with E-state index in [9.17, 15) is 5.26 Å². The molecule has 0 fully saturated rings. The van der Waals surface area contributed by atoms with E-state index in [1.807, 2.05) is 32.0 Å². The Labute approximate surface area is 132 Å². The van der Waals surface area contributed by atoms with E-state index in [0.29, 0.717) is 17.0 Å². The van der Waals surface area contributed by atoms with Crippen molar-refractivity contribution in [1.29, 1.82) is 5.26 Å². The zero-order valence-corrected chi connectivity index (χ0v) is 13.2. The van der Waals surface area contributed by atoms with Crippen LogP contribution >= 0.6 is 0 Å². The molecule has 2 radical (unpaired) electrons. The molecular formula is C16H17BN4O. The van der Waals surface area contributed by atoms with Crippen LogP contribution in [0.1, 0.15) is 36.6 Å². The van der Waals surface area contributed by atoms with Crippen LogP contribution in [0, 0.1) is 25.2 Å². The van der Waals surface area contributed by atoms with Crippen molar-refractivity contribution in [3.8, 4) is 6.07 Å². The molecule has 5 nitrogen and oxygen atoms in total. The Morgan fingerprint density at radius 2 is 1.73 bits per heavy atom. The minimum absolute atomic E-state index is 0.106. The third kappa shape index (κ3) is 3.92. The predicted molar refractivity (Wildman–Crippen MR) is 86.4 cm³/mol. The summed E-state index contributed by atoms with van der Waals surface area (Å²) >= 11 is 0. The first-order chi connectivity index (χ1) is 10.7. The SMILES string of the molecule is CC.[B]OC(=C(C#N)c1ccccc1)c1nnc(C)c(C)n1. The quantitative estimate of drug-likeness (QED) is 0.494. The lowest BCUT2D eigenvalue weighted by molar-refractivity contribution is 0.562. The van der Waals surface area contributed by atoms with Gasteiger partial charge in [0.1, 0.15) is 11.6 Å². The molecule has 2 aromatic rings. The summed E-state index contributed by atoms with van der Waals surface area (Å²) in [5, 5.41) is 17.2. The molecule has 0 bridgehead atoms. The average molecular weight is 292 g/mol. The predicted octanol–water partition coefficient (Wildman–Crippen LogP) is 3.01. The molecule has 110 valence electrons. The molecule has 0 spiro atoms. The number of nitrogens with zero attached hydrogens (tertiary/aromatic N) is 4. The monoisotopic (exact) mass is 292 g/mol. The van der Waals surface area contributed by atoms with E-state index >= 15 is 0 Å². The maximum absolute atomic E-state index is 9.35. The van der Waals surface area contributed by atoms with Gasteiger partial charge >= 0.3 is 8.05 Å². The van der Waals surface area contributed by atoms with Gasteiger partial charge in [-0.15, -0.1) is 5.10 Å². The topological polar surface area (TPSA) is 71.7 Å². The van der Waals surface area contributed by atoms with E-state index < -0.39 is 0 Å². The first kappa shape index (κ1) is 17.4. The summed E-state index contributed by atoms with van der Waals surface area (Å²) in [6.07, 6.45) is 0. The zero-order chi connectivity index (χ0) is 16.5. The lowest BCUT2D eigenvalue weighted by Gasteiger charge is -2.09. The number of allylic oxidation sites excluding steroid dienone is 1. The maximum Gasteiger partial charge on any atom is 0.374 e. The summed E-state index contributed by atoms with van der Waals surface area (Å²) in [4.78, 5) is 4.25. The van der Waals surface area contributed by atoms with Gasteiger partial charge in [0, 0.05) is 0 Å². The summed E-state index contributed by atoms with van der Waals surface area (Å²) < 4.78 is 4.83. The molecule has 0 unspecified atom stereocenters.